The number of carbonyl (C=O) groups excluding carboxylic acids is 1. The van der Waals surface area contributed by atoms with Crippen LogP contribution >= 0.6 is 11.3 Å². The molecule has 4 N–H and O–H groups in total. The van der Waals surface area contributed by atoms with E-state index >= 15 is 0 Å². The van der Waals surface area contributed by atoms with Crippen molar-refractivity contribution in [2.45, 2.75) is 13.0 Å². The van der Waals surface area contributed by atoms with Gasteiger partial charge in [-0.3, -0.25) is 9.59 Å². The monoisotopic (exact) mass is 252 g/mol. The third-order valence-electron chi connectivity index (χ3n) is 2.22. The topological polar surface area (TPSA) is 101 Å². The minimum absolute atomic E-state index is 0.0909. The number of nitrogens with zero attached hydrogens (tertiary/aromatic N) is 1. The van der Waals surface area contributed by atoms with Crippen molar-refractivity contribution in [3.63, 3.8) is 0 Å². The molecule has 0 fully saturated rings. The van der Waals surface area contributed by atoms with Crippen LogP contribution in [0.2, 0.25) is 0 Å². The Morgan fingerprint density at radius 1 is 1.59 bits per heavy atom. The van der Waals surface area contributed by atoms with Crippen LogP contribution in [0, 0.1) is 0 Å². The summed E-state index contributed by atoms with van der Waals surface area (Å²) >= 11 is 1.39. The van der Waals surface area contributed by atoms with E-state index in [1.807, 2.05) is 0 Å². The second-order valence-corrected chi connectivity index (χ2v) is 4.59. The minimum Gasteiger partial charge on any atom is -0.351 e. The summed E-state index contributed by atoms with van der Waals surface area (Å²) in [6.07, 6.45) is 1.68. The standard InChI is InChI=1S/C10H12N4O2S/c11-2-1-8(15)12-4-6-3-7-9(16)13-5-14-10(7)17-6/h3,5H,1-2,4,11H2,(H,12,15)(H,13,14,16). The van der Waals surface area contributed by atoms with Crippen LogP contribution < -0.4 is 16.6 Å². The summed E-state index contributed by atoms with van der Waals surface area (Å²) in [6, 6.07) is 1.74. The van der Waals surface area contributed by atoms with Gasteiger partial charge in [-0.15, -0.1) is 11.3 Å². The van der Waals surface area contributed by atoms with Crippen molar-refractivity contribution < 1.29 is 4.79 Å². The number of thiophene rings is 1. The highest BCUT2D eigenvalue weighted by Gasteiger charge is 2.06. The first-order valence-corrected chi connectivity index (χ1v) is 5.95. The molecule has 0 radical (unpaired) electrons. The first-order chi connectivity index (χ1) is 8.20. The van der Waals surface area contributed by atoms with Gasteiger partial charge >= 0.3 is 0 Å². The molecular formula is C10H12N4O2S. The maximum atomic E-state index is 11.4. The van der Waals surface area contributed by atoms with Crippen molar-refractivity contribution >= 4 is 27.5 Å². The Labute approximate surface area is 101 Å². The summed E-state index contributed by atoms with van der Waals surface area (Å²) in [5.41, 5.74) is 5.10. The van der Waals surface area contributed by atoms with Crippen LogP contribution in [-0.4, -0.2) is 22.4 Å². The fourth-order valence-corrected chi connectivity index (χ4v) is 2.35. The maximum absolute atomic E-state index is 11.4. The summed E-state index contributed by atoms with van der Waals surface area (Å²) < 4.78 is 0. The average Bonchev–Trinajstić information content (AvgIpc) is 2.71. The van der Waals surface area contributed by atoms with Gasteiger partial charge in [0.1, 0.15) is 4.83 Å². The number of hydrogen-bond acceptors (Lipinski definition) is 5. The molecule has 0 aliphatic carbocycles. The van der Waals surface area contributed by atoms with E-state index in [1.54, 1.807) is 6.07 Å². The zero-order chi connectivity index (χ0) is 12.3. The lowest BCUT2D eigenvalue weighted by Crippen LogP contribution is -2.24. The Morgan fingerprint density at radius 2 is 2.41 bits per heavy atom. The molecule has 0 saturated carbocycles. The lowest BCUT2D eigenvalue weighted by Gasteiger charge is -2.00. The van der Waals surface area contributed by atoms with Gasteiger partial charge in [-0.2, -0.15) is 0 Å². The quantitative estimate of drug-likeness (QED) is 0.710. The molecule has 0 bridgehead atoms. The second-order valence-electron chi connectivity index (χ2n) is 3.48. The second kappa shape index (κ2) is 5.07. The van der Waals surface area contributed by atoms with Crippen LogP contribution in [0.3, 0.4) is 0 Å². The number of hydrogen-bond donors (Lipinski definition) is 3. The number of nitrogens with two attached hydrogens (primary N) is 1. The molecule has 2 rings (SSSR count). The summed E-state index contributed by atoms with van der Waals surface area (Å²) in [7, 11) is 0. The summed E-state index contributed by atoms with van der Waals surface area (Å²) in [5.74, 6) is -0.0909. The molecule has 0 aliphatic rings. The predicted molar refractivity (Wildman–Crippen MR) is 65.8 cm³/mol. The first-order valence-electron chi connectivity index (χ1n) is 5.13. The Balaban J connectivity index is 2.12. The normalized spacial score (nSPS) is 10.6. The minimum atomic E-state index is -0.161. The number of nitrogens with one attached hydrogen (secondary N) is 2. The molecule has 0 aromatic carbocycles. The number of fused-ring (bicyclic) bond motifs is 1. The van der Waals surface area contributed by atoms with E-state index in [0.717, 1.165) is 4.88 Å². The highest BCUT2D eigenvalue weighted by Crippen LogP contribution is 2.19. The Hall–Kier alpha value is -1.73. The van der Waals surface area contributed by atoms with Gasteiger partial charge in [0.25, 0.3) is 5.56 Å². The Morgan fingerprint density at radius 3 is 3.12 bits per heavy atom. The van der Waals surface area contributed by atoms with Crippen LogP contribution in [0.15, 0.2) is 17.2 Å². The summed E-state index contributed by atoms with van der Waals surface area (Å²) in [5, 5.41) is 3.29. The van der Waals surface area contributed by atoms with E-state index in [2.05, 4.69) is 15.3 Å². The molecule has 0 spiro atoms. The summed E-state index contributed by atoms with van der Waals surface area (Å²) in [6.45, 7) is 0.735. The van der Waals surface area contributed by atoms with Crippen LogP contribution in [0.5, 0.6) is 0 Å². The molecule has 2 aromatic rings. The fourth-order valence-electron chi connectivity index (χ4n) is 1.41. The van der Waals surface area contributed by atoms with Crippen LogP contribution in [0.25, 0.3) is 10.2 Å². The SMILES string of the molecule is NCCC(=O)NCc1cc2c(=O)[nH]cnc2s1. The summed E-state index contributed by atoms with van der Waals surface area (Å²) in [4.78, 5) is 30.8. The van der Waals surface area contributed by atoms with Crippen molar-refractivity contribution in [3.8, 4) is 0 Å². The molecule has 6 nitrogen and oxygen atoms in total. The Bertz CT molecular complexity index is 589. The number of carbonyl (C=O) groups is 1. The van der Waals surface area contributed by atoms with E-state index in [9.17, 15) is 9.59 Å². The Kier molecular flexibility index (Phi) is 3.50. The molecular weight excluding hydrogens is 240 g/mol. The molecule has 0 atom stereocenters. The van der Waals surface area contributed by atoms with Crippen molar-refractivity contribution in [3.05, 3.63) is 27.6 Å². The zero-order valence-electron chi connectivity index (χ0n) is 9.03. The van der Waals surface area contributed by atoms with Gasteiger partial charge in [0.05, 0.1) is 18.3 Å². The van der Waals surface area contributed by atoms with Gasteiger partial charge in [-0.05, 0) is 6.07 Å². The van der Waals surface area contributed by atoms with Gasteiger partial charge in [0.15, 0.2) is 0 Å². The predicted octanol–water partition coefficient (Wildman–Crippen LogP) is -0.0504. The van der Waals surface area contributed by atoms with Crippen molar-refractivity contribution in [2.24, 2.45) is 5.73 Å². The van der Waals surface area contributed by atoms with Gasteiger partial charge in [0, 0.05) is 17.8 Å². The first kappa shape index (κ1) is 11.7. The van der Waals surface area contributed by atoms with Crippen molar-refractivity contribution in [1.29, 1.82) is 0 Å². The largest absolute Gasteiger partial charge is 0.351 e. The molecule has 0 unspecified atom stereocenters. The molecule has 2 heterocycles. The number of H-pyrrole nitrogens is 1. The highest BCUT2D eigenvalue weighted by atomic mass is 32.1. The van der Waals surface area contributed by atoms with E-state index in [4.69, 9.17) is 5.73 Å². The third kappa shape index (κ3) is 2.69. The smallest absolute Gasteiger partial charge is 0.259 e. The highest BCUT2D eigenvalue weighted by molar-refractivity contribution is 7.18. The third-order valence-corrected chi connectivity index (χ3v) is 3.26. The van der Waals surface area contributed by atoms with E-state index in [0.29, 0.717) is 29.7 Å². The molecule has 2 aromatic heterocycles. The molecule has 0 aliphatic heterocycles. The van der Waals surface area contributed by atoms with Crippen molar-refractivity contribution in [2.75, 3.05) is 6.54 Å². The lowest BCUT2D eigenvalue weighted by molar-refractivity contribution is -0.121. The average molecular weight is 252 g/mol. The lowest BCUT2D eigenvalue weighted by atomic mass is 10.3. The van der Waals surface area contributed by atoms with E-state index in [-0.39, 0.29) is 11.5 Å². The van der Waals surface area contributed by atoms with Gasteiger partial charge in [-0.25, -0.2) is 4.98 Å². The van der Waals surface area contributed by atoms with E-state index < -0.39 is 0 Å². The van der Waals surface area contributed by atoms with Crippen LogP contribution in [0.1, 0.15) is 11.3 Å². The molecule has 90 valence electrons. The molecule has 17 heavy (non-hydrogen) atoms. The van der Waals surface area contributed by atoms with E-state index in [1.165, 1.54) is 17.7 Å². The number of aromatic nitrogens is 2. The fraction of sp³-hybridized carbons (Fsp3) is 0.300. The van der Waals surface area contributed by atoms with Gasteiger partial charge in [0.2, 0.25) is 5.91 Å². The molecule has 7 heteroatoms. The van der Waals surface area contributed by atoms with Gasteiger partial charge in [-0.1, -0.05) is 0 Å². The van der Waals surface area contributed by atoms with Crippen molar-refractivity contribution in [1.82, 2.24) is 15.3 Å². The van der Waals surface area contributed by atoms with Gasteiger partial charge < -0.3 is 16.0 Å². The molecule has 1 amide bonds. The number of aromatic amines is 1. The molecule has 0 saturated heterocycles. The number of amides is 1. The number of rotatable bonds is 4. The van der Waals surface area contributed by atoms with Crippen LogP contribution in [-0.2, 0) is 11.3 Å². The zero-order valence-corrected chi connectivity index (χ0v) is 9.84. The maximum Gasteiger partial charge on any atom is 0.259 e. The van der Waals surface area contributed by atoms with Crippen LogP contribution in [0.4, 0.5) is 0 Å².